The summed E-state index contributed by atoms with van der Waals surface area (Å²) in [5.41, 5.74) is 6.40. The van der Waals surface area contributed by atoms with Gasteiger partial charge in [0.15, 0.2) is 0 Å². The molecular weight excluding hydrogens is 364 g/mol. The van der Waals surface area contributed by atoms with Crippen LogP contribution >= 0.6 is 0 Å². The monoisotopic (exact) mass is 396 g/mol. The van der Waals surface area contributed by atoms with E-state index in [1.807, 2.05) is 0 Å². The first-order valence-corrected chi connectivity index (χ1v) is 10.7. The number of methoxy groups -OCH3 is 1. The molecule has 1 aromatic carbocycles. The number of fused-ring (bicyclic) bond motifs is 1. The number of aryl methyl sites for hydroxylation is 1. The molecule has 0 saturated carbocycles. The quantitative estimate of drug-likeness (QED) is 0.810. The fourth-order valence-electron chi connectivity index (χ4n) is 4.79. The molecule has 6 nitrogen and oxygen atoms in total. The van der Waals surface area contributed by atoms with Gasteiger partial charge in [0.25, 0.3) is 0 Å². The minimum atomic E-state index is 0.206. The molecule has 6 heteroatoms. The van der Waals surface area contributed by atoms with Gasteiger partial charge in [-0.3, -0.25) is 4.90 Å². The zero-order valence-corrected chi connectivity index (χ0v) is 17.8. The van der Waals surface area contributed by atoms with Crippen molar-refractivity contribution in [2.75, 3.05) is 38.3 Å². The van der Waals surface area contributed by atoms with E-state index in [2.05, 4.69) is 45.7 Å². The zero-order chi connectivity index (χ0) is 20.4. The van der Waals surface area contributed by atoms with E-state index in [9.17, 15) is 5.11 Å². The molecule has 0 radical (unpaired) electrons. The van der Waals surface area contributed by atoms with Crippen molar-refractivity contribution in [3.63, 3.8) is 0 Å². The number of anilines is 1. The Labute approximate surface area is 173 Å². The number of rotatable bonds is 6. The van der Waals surface area contributed by atoms with Crippen molar-refractivity contribution in [1.82, 2.24) is 14.9 Å². The predicted molar refractivity (Wildman–Crippen MR) is 115 cm³/mol. The van der Waals surface area contributed by atoms with E-state index in [-0.39, 0.29) is 6.61 Å². The summed E-state index contributed by atoms with van der Waals surface area (Å²) in [4.78, 5) is 14.0. The highest BCUT2D eigenvalue weighted by molar-refractivity contribution is 5.51. The SMILES string of the molecule is COc1ccc(CN2CCN(c3ncnc4c3CCC4)CC2CCO)c(C)c1C. The second kappa shape index (κ2) is 8.67. The molecule has 1 aliphatic heterocycles. The third-order valence-corrected chi connectivity index (χ3v) is 6.66. The van der Waals surface area contributed by atoms with Gasteiger partial charge in [0.05, 0.1) is 7.11 Å². The number of aromatic nitrogens is 2. The third kappa shape index (κ3) is 3.96. The lowest BCUT2D eigenvalue weighted by Gasteiger charge is -2.42. The van der Waals surface area contributed by atoms with Crippen LogP contribution in [0.15, 0.2) is 18.5 Å². The van der Waals surface area contributed by atoms with Gasteiger partial charge in [-0.25, -0.2) is 9.97 Å². The van der Waals surface area contributed by atoms with E-state index in [0.717, 1.165) is 57.0 Å². The Kier molecular flexibility index (Phi) is 6.01. The molecule has 1 N–H and O–H groups in total. The van der Waals surface area contributed by atoms with Gasteiger partial charge in [0, 0.05) is 50.1 Å². The standard InChI is InChI=1S/C23H32N4O2/c1-16-17(2)22(29-3)8-7-18(16)13-26-10-11-27(14-19(26)9-12-28)23-20-5-4-6-21(20)24-15-25-23/h7-8,15,19,28H,4-6,9-14H2,1-3H3. The molecule has 1 saturated heterocycles. The molecule has 1 atom stereocenters. The van der Waals surface area contributed by atoms with Gasteiger partial charge in [-0.05, 0) is 62.3 Å². The number of hydrogen-bond donors (Lipinski definition) is 1. The Morgan fingerprint density at radius 1 is 1.14 bits per heavy atom. The summed E-state index contributed by atoms with van der Waals surface area (Å²) in [5.74, 6) is 2.06. The molecule has 2 aliphatic rings. The van der Waals surface area contributed by atoms with Gasteiger partial charge in [-0.1, -0.05) is 6.07 Å². The van der Waals surface area contributed by atoms with Crippen molar-refractivity contribution in [3.05, 3.63) is 46.4 Å². The smallest absolute Gasteiger partial charge is 0.135 e. The fraction of sp³-hybridized carbons (Fsp3) is 0.565. The first kappa shape index (κ1) is 20.1. The zero-order valence-electron chi connectivity index (χ0n) is 17.8. The summed E-state index contributed by atoms with van der Waals surface area (Å²) in [6.45, 7) is 8.23. The molecule has 2 aromatic rings. The van der Waals surface area contributed by atoms with E-state index in [1.54, 1.807) is 13.4 Å². The minimum absolute atomic E-state index is 0.206. The highest BCUT2D eigenvalue weighted by Gasteiger charge is 2.30. The fourth-order valence-corrected chi connectivity index (χ4v) is 4.79. The highest BCUT2D eigenvalue weighted by atomic mass is 16.5. The van der Waals surface area contributed by atoms with E-state index in [1.165, 1.54) is 34.4 Å². The molecule has 0 amide bonds. The maximum Gasteiger partial charge on any atom is 0.135 e. The predicted octanol–water partition coefficient (Wildman–Crippen LogP) is 2.66. The lowest BCUT2D eigenvalue weighted by molar-refractivity contribution is 0.135. The van der Waals surface area contributed by atoms with Crippen LogP contribution in [-0.2, 0) is 19.4 Å². The molecule has 4 rings (SSSR count). The number of aliphatic hydroxyl groups is 1. The van der Waals surface area contributed by atoms with E-state index < -0.39 is 0 Å². The molecule has 29 heavy (non-hydrogen) atoms. The lowest BCUT2D eigenvalue weighted by atomic mass is 10.00. The average molecular weight is 397 g/mol. The van der Waals surface area contributed by atoms with Crippen molar-refractivity contribution in [2.45, 2.75) is 52.1 Å². The van der Waals surface area contributed by atoms with Crippen molar-refractivity contribution < 1.29 is 9.84 Å². The number of aliphatic hydroxyl groups excluding tert-OH is 1. The van der Waals surface area contributed by atoms with Gasteiger partial charge in [-0.2, -0.15) is 0 Å². The van der Waals surface area contributed by atoms with Gasteiger partial charge in [0.1, 0.15) is 17.9 Å². The van der Waals surface area contributed by atoms with Crippen LogP contribution in [0.1, 0.15) is 40.8 Å². The molecular formula is C23H32N4O2. The normalized spacial score (nSPS) is 19.4. The largest absolute Gasteiger partial charge is 0.496 e. The van der Waals surface area contributed by atoms with Crippen LogP contribution in [0, 0.1) is 13.8 Å². The van der Waals surface area contributed by atoms with Gasteiger partial charge in [0.2, 0.25) is 0 Å². The molecule has 156 valence electrons. The number of hydrogen-bond acceptors (Lipinski definition) is 6. The second-order valence-corrected chi connectivity index (χ2v) is 8.24. The second-order valence-electron chi connectivity index (χ2n) is 8.24. The first-order valence-electron chi connectivity index (χ1n) is 10.7. The van der Waals surface area contributed by atoms with E-state index in [0.29, 0.717) is 6.04 Å². The summed E-state index contributed by atoms with van der Waals surface area (Å²) in [6.07, 6.45) is 5.83. The van der Waals surface area contributed by atoms with Gasteiger partial charge in [-0.15, -0.1) is 0 Å². The first-order chi connectivity index (χ1) is 14.1. The van der Waals surface area contributed by atoms with E-state index in [4.69, 9.17) is 4.74 Å². The molecule has 1 aliphatic carbocycles. The Morgan fingerprint density at radius 2 is 2.00 bits per heavy atom. The Morgan fingerprint density at radius 3 is 2.79 bits per heavy atom. The number of piperazine rings is 1. The van der Waals surface area contributed by atoms with Crippen LogP contribution in [-0.4, -0.2) is 59.4 Å². The van der Waals surface area contributed by atoms with Gasteiger partial charge >= 0.3 is 0 Å². The van der Waals surface area contributed by atoms with Crippen LogP contribution in [0.3, 0.4) is 0 Å². The topological polar surface area (TPSA) is 61.7 Å². The Balaban J connectivity index is 1.52. The van der Waals surface area contributed by atoms with Crippen LogP contribution in [0.2, 0.25) is 0 Å². The maximum absolute atomic E-state index is 9.69. The molecule has 0 bridgehead atoms. The van der Waals surface area contributed by atoms with E-state index >= 15 is 0 Å². The van der Waals surface area contributed by atoms with Crippen LogP contribution < -0.4 is 9.64 Å². The highest BCUT2D eigenvalue weighted by Crippen LogP contribution is 2.31. The van der Waals surface area contributed by atoms with Gasteiger partial charge < -0.3 is 14.7 Å². The summed E-state index contributed by atoms with van der Waals surface area (Å²) in [6, 6.07) is 4.56. The summed E-state index contributed by atoms with van der Waals surface area (Å²) in [5, 5.41) is 9.69. The average Bonchev–Trinajstić information content (AvgIpc) is 3.22. The van der Waals surface area contributed by atoms with Crippen molar-refractivity contribution in [3.8, 4) is 5.75 Å². The van der Waals surface area contributed by atoms with Crippen molar-refractivity contribution in [2.24, 2.45) is 0 Å². The van der Waals surface area contributed by atoms with Crippen molar-refractivity contribution in [1.29, 1.82) is 0 Å². The molecule has 1 aromatic heterocycles. The van der Waals surface area contributed by atoms with Crippen molar-refractivity contribution >= 4 is 5.82 Å². The van der Waals surface area contributed by atoms with Crippen LogP contribution in [0.5, 0.6) is 5.75 Å². The molecule has 1 fully saturated rings. The molecule has 2 heterocycles. The Hall–Kier alpha value is -2.18. The lowest BCUT2D eigenvalue weighted by Crippen LogP contribution is -2.53. The van der Waals surface area contributed by atoms with Crippen LogP contribution in [0.25, 0.3) is 0 Å². The minimum Gasteiger partial charge on any atom is -0.496 e. The maximum atomic E-state index is 9.69. The van der Waals surface area contributed by atoms with Crippen LogP contribution in [0.4, 0.5) is 5.82 Å². The number of ether oxygens (including phenoxy) is 1. The summed E-state index contributed by atoms with van der Waals surface area (Å²) in [7, 11) is 1.72. The number of nitrogens with zero attached hydrogens (tertiary/aromatic N) is 4. The Bertz CT molecular complexity index is 870. The number of benzene rings is 1. The summed E-state index contributed by atoms with van der Waals surface area (Å²) >= 11 is 0. The third-order valence-electron chi connectivity index (χ3n) is 6.66. The molecule has 0 spiro atoms. The summed E-state index contributed by atoms with van der Waals surface area (Å²) < 4.78 is 5.46. The molecule has 1 unspecified atom stereocenters.